The molecule has 1 aromatic heterocycles. The topological polar surface area (TPSA) is 124 Å². The van der Waals surface area contributed by atoms with Gasteiger partial charge < -0.3 is 19.1 Å². The van der Waals surface area contributed by atoms with Crippen LogP contribution in [0.15, 0.2) is 47.0 Å². The van der Waals surface area contributed by atoms with Crippen molar-refractivity contribution >= 4 is 27.4 Å². The summed E-state index contributed by atoms with van der Waals surface area (Å²) in [6.07, 6.45) is 11.1. The molecular weight excluding hydrogens is 691 g/mol. The Balaban J connectivity index is 1.20. The number of carbonyl (C=O) groups is 2. The van der Waals surface area contributed by atoms with Gasteiger partial charge in [0.1, 0.15) is 21.2 Å². The number of hydrogen-bond acceptors (Lipinski definition) is 8. The van der Waals surface area contributed by atoms with E-state index in [2.05, 4.69) is 44.2 Å². The minimum absolute atomic E-state index is 0.0406. The second kappa shape index (κ2) is 14.4. The first-order valence-electron chi connectivity index (χ1n) is 19.5. The fourth-order valence-corrected chi connectivity index (χ4v) is 11.7. The lowest BCUT2D eigenvalue weighted by Crippen LogP contribution is -2.51. The molecule has 1 unspecified atom stereocenters. The highest BCUT2D eigenvalue weighted by molar-refractivity contribution is 7.92. The molecule has 2 aromatic carbocycles. The molecule has 2 fully saturated rings. The van der Waals surface area contributed by atoms with Gasteiger partial charge in [0.15, 0.2) is 0 Å². The molecule has 1 saturated carbocycles. The minimum Gasteiger partial charge on any atom is -0.490 e. The van der Waals surface area contributed by atoms with Crippen LogP contribution < -0.4 is 19.1 Å². The molecule has 12 heteroatoms. The molecule has 53 heavy (non-hydrogen) atoms. The van der Waals surface area contributed by atoms with Gasteiger partial charge >= 0.3 is 0 Å². The van der Waals surface area contributed by atoms with Crippen LogP contribution in [0.1, 0.15) is 95.7 Å². The van der Waals surface area contributed by atoms with Crippen molar-refractivity contribution in [2.75, 3.05) is 44.1 Å². The van der Waals surface area contributed by atoms with Crippen molar-refractivity contribution in [3.63, 3.8) is 0 Å². The molecule has 0 radical (unpaired) electrons. The number of nitrogens with zero attached hydrogens (tertiary/aromatic N) is 4. The Labute approximate surface area is 313 Å². The maximum atomic E-state index is 14.8. The third-order valence-electron chi connectivity index (χ3n) is 12.6. The monoisotopic (exact) mass is 743 g/mol. The number of nitrogens with one attached hydrogen (secondary N) is 1. The SMILES string of the molecule is COc1nn(C)cc1C(=O)NS1(=O)=NC(=O)c2ccc3c(c2)N(C[C@@H]2CC[C@H]2[C@H]2OCCC[C@@H]2CC[C@H](C)C1)C[C@@]1(CCCc2cc(C)ccc21)CO3. The van der Waals surface area contributed by atoms with E-state index in [-0.39, 0.29) is 34.6 Å². The number of aromatic nitrogens is 2. The summed E-state index contributed by atoms with van der Waals surface area (Å²) in [4.78, 5) is 30.2. The summed E-state index contributed by atoms with van der Waals surface area (Å²) in [6, 6.07) is 12.3. The minimum atomic E-state index is -3.56. The lowest BCUT2D eigenvalue weighted by Gasteiger charge is -2.49. The normalized spacial score (nSPS) is 31.4. The van der Waals surface area contributed by atoms with Gasteiger partial charge in [-0.25, -0.2) is 4.21 Å². The van der Waals surface area contributed by atoms with Gasteiger partial charge in [-0.05, 0) is 118 Å². The van der Waals surface area contributed by atoms with Gasteiger partial charge in [0.2, 0.25) is 5.88 Å². The third kappa shape index (κ3) is 7.09. The second-order valence-corrected chi connectivity index (χ2v) is 18.4. The maximum absolute atomic E-state index is 14.8. The van der Waals surface area contributed by atoms with Crippen LogP contribution >= 0.6 is 0 Å². The quantitative estimate of drug-likeness (QED) is 0.327. The molecule has 11 nitrogen and oxygen atoms in total. The van der Waals surface area contributed by atoms with E-state index in [1.54, 1.807) is 13.1 Å². The predicted octanol–water partition coefficient (Wildman–Crippen LogP) is 6.41. The number of anilines is 1. The molecule has 5 aliphatic rings. The number of benzene rings is 2. The first-order valence-corrected chi connectivity index (χ1v) is 21.1. The van der Waals surface area contributed by atoms with E-state index in [0.717, 1.165) is 88.9 Å². The summed E-state index contributed by atoms with van der Waals surface area (Å²) in [7, 11) is -0.455. The average Bonchev–Trinajstić information content (AvgIpc) is 3.44. The Morgan fingerprint density at radius 2 is 1.92 bits per heavy atom. The van der Waals surface area contributed by atoms with E-state index in [0.29, 0.717) is 29.9 Å². The highest BCUT2D eigenvalue weighted by Crippen LogP contribution is 2.48. The van der Waals surface area contributed by atoms with E-state index in [1.165, 1.54) is 34.7 Å². The highest BCUT2D eigenvalue weighted by atomic mass is 32.2. The zero-order chi connectivity index (χ0) is 36.9. The smallest absolute Gasteiger partial charge is 0.286 e. The molecule has 3 aliphatic heterocycles. The second-order valence-electron chi connectivity index (χ2n) is 16.4. The fraction of sp³-hybridized carbons (Fsp3) is 0.585. The fourth-order valence-electron chi connectivity index (χ4n) is 9.82. The number of ether oxygens (including phenoxy) is 3. The van der Waals surface area contributed by atoms with Gasteiger partial charge in [-0.15, -0.1) is 9.46 Å². The summed E-state index contributed by atoms with van der Waals surface area (Å²) in [5.41, 5.74) is 5.17. The van der Waals surface area contributed by atoms with Crippen molar-refractivity contribution < 1.29 is 28.0 Å². The first-order chi connectivity index (χ1) is 25.5. The average molecular weight is 744 g/mol. The number of methoxy groups -OCH3 is 1. The van der Waals surface area contributed by atoms with Gasteiger partial charge in [-0.3, -0.25) is 19.0 Å². The van der Waals surface area contributed by atoms with E-state index in [1.807, 2.05) is 19.1 Å². The number of carbonyl (C=O) groups excluding carboxylic acids is 2. The molecule has 2 amide bonds. The Morgan fingerprint density at radius 1 is 1.08 bits per heavy atom. The van der Waals surface area contributed by atoms with Crippen LogP contribution in [0, 0.1) is 30.6 Å². The van der Waals surface area contributed by atoms with Gasteiger partial charge in [-0.2, -0.15) is 0 Å². The lowest BCUT2D eigenvalue weighted by molar-refractivity contribution is -0.102. The summed E-state index contributed by atoms with van der Waals surface area (Å²) >= 11 is 0. The molecular formula is C41H53N5O6S. The van der Waals surface area contributed by atoms with E-state index >= 15 is 0 Å². The molecule has 1 saturated heterocycles. The van der Waals surface area contributed by atoms with E-state index < -0.39 is 21.7 Å². The Kier molecular flexibility index (Phi) is 9.80. The van der Waals surface area contributed by atoms with Crippen LogP contribution in [-0.2, 0) is 33.5 Å². The molecule has 1 spiro atoms. The van der Waals surface area contributed by atoms with Crippen molar-refractivity contribution in [2.45, 2.75) is 83.2 Å². The number of rotatable bonds is 3. The number of amides is 2. The molecule has 8 rings (SSSR count). The molecule has 284 valence electrons. The Bertz CT molecular complexity index is 2020. The molecule has 7 atom stereocenters. The Morgan fingerprint density at radius 3 is 2.74 bits per heavy atom. The van der Waals surface area contributed by atoms with Crippen molar-refractivity contribution in [3.05, 3.63) is 70.4 Å². The van der Waals surface area contributed by atoms with Gasteiger partial charge in [-0.1, -0.05) is 30.7 Å². The van der Waals surface area contributed by atoms with Crippen molar-refractivity contribution in [2.24, 2.45) is 35.1 Å². The van der Waals surface area contributed by atoms with Crippen LogP contribution in [0.4, 0.5) is 5.69 Å². The van der Waals surface area contributed by atoms with E-state index in [4.69, 9.17) is 14.2 Å². The lowest BCUT2D eigenvalue weighted by atomic mass is 9.65. The maximum Gasteiger partial charge on any atom is 0.286 e. The van der Waals surface area contributed by atoms with Crippen LogP contribution in [0.2, 0.25) is 0 Å². The predicted molar refractivity (Wildman–Crippen MR) is 204 cm³/mol. The van der Waals surface area contributed by atoms with Gasteiger partial charge in [0.05, 0.1) is 31.3 Å². The van der Waals surface area contributed by atoms with E-state index in [9.17, 15) is 13.8 Å². The number of fused-ring (bicyclic) bond motifs is 6. The summed E-state index contributed by atoms with van der Waals surface area (Å²) in [5.74, 6) is 0.881. The van der Waals surface area contributed by atoms with Crippen LogP contribution in [-0.4, -0.2) is 71.1 Å². The Hall–Kier alpha value is -3.90. The van der Waals surface area contributed by atoms with Gasteiger partial charge in [0, 0.05) is 43.9 Å². The van der Waals surface area contributed by atoms with Gasteiger partial charge in [0.25, 0.3) is 11.8 Å². The summed E-state index contributed by atoms with van der Waals surface area (Å²) in [5, 5.41) is 4.19. The van der Waals surface area contributed by atoms with Crippen molar-refractivity contribution in [1.82, 2.24) is 14.5 Å². The van der Waals surface area contributed by atoms with Crippen LogP contribution in [0.3, 0.4) is 0 Å². The first kappa shape index (κ1) is 36.1. The third-order valence-corrected chi connectivity index (χ3v) is 14.6. The number of aryl methyl sites for hydroxylation is 3. The molecule has 2 aliphatic carbocycles. The summed E-state index contributed by atoms with van der Waals surface area (Å²) < 4.78 is 41.9. The molecule has 2 bridgehead atoms. The van der Waals surface area contributed by atoms with Crippen molar-refractivity contribution in [3.8, 4) is 11.6 Å². The zero-order valence-electron chi connectivity index (χ0n) is 31.5. The molecule has 1 N–H and O–H groups in total. The number of hydrogen-bond donors (Lipinski definition) is 1. The van der Waals surface area contributed by atoms with Crippen molar-refractivity contribution in [1.29, 1.82) is 0 Å². The van der Waals surface area contributed by atoms with Crippen LogP contribution in [0.25, 0.3) is 0 Å². The highest BCUT2D eigenvalue weighted by Gasteiger charge is 2.46. The molecule has 4 heterocycles. The summed E-state index contributed by atoms with van der Waals surface area (Å²) in [6.45, 7) is 7.17. The zero-order valence-corrected chi connectivity index (χ0v) is 32.3. The van der Waals surface area contributed by atoms with Crippen LogP contribution in [0.5, 0.6) is 11.6 Å². The molecule has 3 aromatic rings. The standard InChI is InChI=1S/C41H53N5O6S/c1-26-10-15-34-29(19-26)7-5-17-41(34)24-46-21-31-12-14-32(31)37-28(8-6-18-51-37)11-9-27(2)23-53(49,44-39(48)33-22-45(3)42-40(33)50-4)43-38(47)30-13-16-36(52-25-41)35(46)20-30/h10,13,15-16,19-20,22,27-28,31-32,37H,5-9,11-12,14,17-18,21,23-25H2,1-4H3,(H,43,44,47,48,49)/t27-,28+,31-,32+,37-,41-,53?/m0/s1. The largest absolute Gasteiger partial charge is 0.490 e.